The van der Waals surface area contributed by atoms with Crippen LogP contribution in [0.15, 0.2) is 12.2 Å². The molecular formula is C8H13N5. The van der Waals surface area contributed by atoms with E-state index >= 15 is 0 Å². The van der Waals surface area contributed by atoms with Gasteiger partial charge in [0.1, 0.15) is 0 Å². The van der Waals surface area contributed by atoms with Crippen LogP contribution in [0.4, 0.5) is 0 Å². The van der Waals surface area contributed by atoms with Crippen molar-refractivity contribution in [2.45, 2.75) is 25.4 Å². The highest BCUT2D eigenvalue weighted by atomic mass is 15.6. The number of rotatable bonds is 3. The second-order valence-corrected chi connectivity index (χ2v) is 3.22. The lowest BCUT2D eigenvalue weighted by Crippen LogP contribution is -2.26. The molecule has 70 valence electrons. The fourth-order valence-electron chi connectivity index (χ4n) is 1.41. The molecule has 0 bridgehead atoms. The summed E-state index contributed by atoms with van der Waals surface area (Å²) < 4.78 is 0. The van der Waals surface area contributed by atoms with Gasteiger partial charge in [-0.2, -0.15) is 4.80 Å². The number of tetrazole rings is 1. The monoisotopic (exact) mass is 179 g/mol. The summed E-state index contributed by atoms with van der Waals surface area (Å²) in [5.41, 5.74) is 0. The Balaban J connectivity index is 1.79. The van der Waals surface area contributed by atoms with Crippen LogP contribution >= 0.6 is 0 Å². The van der Waals surface area contributed by atoms with Crippen LogP contribution in [-0.2, 0) is 13.6 Å². The molecule has 1 aromatic rings. The van der Waals surface area contributed by atoms with Crippen molar-refractivity contribution in [1.29, 1.82) is 0 Å². The molecule has 2 rings (SSSR count). The number of hydrogen-bond acceptors (Lipinski definition) is 4. The van der Waals surface area contributed by atoms with Crippen molar-refractivity contribution in [2.24, 2.45) is 7.05 Å². The van der Waals surface area contributed by atoms with Gasteiger partial charge < -0.3 is 5.32 Å². The third-order valence-electron chi connectivity index (χ3n) is 2.11. The van der Waals surface area contributed by atoms with Gasteiger partial charge in [-0.3, -0.25) is 0 Å². The van der Waals surface area contributed by atoms with Gasteiger partial charge >= 0.3 is 0 Å². The van der Waals surface area contributed by atoms with E-state index in [0.29, 0.717) is 12.6 Å². The van der Waals surface area contributed by atoms with Crippen molar-refractivity contribution in [3.63, 3.8) is 0 Å². The summed E-state index contributed by atoms with van der Waals surface area (Å²) in [6, 6.07) is 0.559. The van der Waals surface area contributed by atoms with E-state index in [1.165, 1.54) is 4.80 Å². The van der Waals surface area contributed by atoms with Crippen LogP contribution in [0.1, 0.15) is 18.7 Å². The molecule has 1 N–H and O–H groups in total. The average Bonchev–Trinajstić information content (AvgIpc) is 2.71. The van der Waals surface area contributed by atoms with E-state index in [0.717, 1.165) is 18.7 Å². The first-order valence-corrected chi connectivity index (χ1v) is 4.46. The first kappa shape index (κ1) is 8.37. The second-order valence-electron chi connectivity index (χ2n) is 3.22. The Hall–Kier alpha value is -1.23. The van der Waals surface area contributed by atoms with Gasteiger partial charge in [-0.1, -0.05) is 12.2 Å². The molecule has 0 saturated carbocycles. The summed E-state index contributed by atoms with van der Waals surface area (Å²) in [5, 5.41) is 15.1. The molecule has 1 heterocycles. The van der Waals surface area contributed by atoms with Crippen molar-refractivity contribution >= 4 is 0 Å². The molecule has 1 aromatic heterocycles. The number of aryl methyl sites for hydroxylation is 1. The van der Waals surface area contributed by atoms with E-state index in [9.17, 15) is 0 Å². The van der Waals surface area contributed by atoms with Crippen molar-refractivity contribution < 1.29 is 0 Å². The standard InChI is InChI=1S/C8H13N5/c1-13-11-8(10-12-13)6-9-7-4-2-3-5-7/h2-3,7,9H,4-6H2,1H3. The summed E-state index contributed by atoms with van der Waals surface area (Å²) in [4.78, 5) is 1.48. The first-order chi connectivity index (χ1) is 6.34. The maximum absolute atomic E-state index is 4.08. The summed E-state index contributed by atoms with van der Waals surface area (Å²) in [5.74, 6) is 0.759. The Morgan fingerprint density at radius 2 is 2.31 bits per heavy atom. The summed E-state index contributed by atoms with van der Waals surface area (Å²) in [7, 11) is 1.77. The fourth-order valence-corrected chi connectivity index (χ4v) is 1.41. The predicted molar refractivity (Wildman–Crippen MR) is 47.8 cm³/mol. The Morgan fingerprint density at radius 3 is 2.92 bits per heavy atom. The molecule has 0 unspecified atom stereocenters. The Morgan fingerprint density at radius 1 is 1.54 bits per heavy atom. The van der Waals surface area contributed by atoms with Crippen LogP contribution in [-0.4, -0.2) is 26.2 Å². The quantitative estimate of drug-likeness (QED) is 0.664. The summed E-state index contributed by atoms with van der Waals surface area (Å²) in [6.45, 7) is 0.709. The second kappa shape index (κ2) is 3.66. The van der Waals surface area contributed by atoms with Crippen LogP contribution in [0.3, 0.4) is 0 Å². The van der Waals surface area contributed by atoms with E-state index in [1.54, 1.807) is 7.05 Å². The van der Waals surface area contributed by atoms with Crippen molar-refractivity contribution in [1.82, 2.24) is 25.5 Å². The third-order valence-corrected chi connectivity index (χ3v) is 2.11. The minimum absolute atomic E-state index is 0.559. The third kappa shape index (κ3) is 2.12. The van der Waals surface area contributed by atoms with E-state index in [-0.39, 0.29) is 0 Å². The van der Waals surface area contributed by atoms with Crippen LogP contribution in [0.25, 0.3) is 0 Å². The van der Waals surface area contributed by atoms with Gasteiger partial charge in [-0.25, -0.2) is 0 Å². The molecule has 0 radical (unpaired) electrons. The maximum Gasteiger partial charge on any atom is 0.188 e. The van der Waals surface area contributed by atoms with E-state index < -0.39 is 0 Å². The molecule has 0 aromatic carbocycles. The van der Waals surface area contributed by atoms with Crippen LogP contribution in [0, 0.1) is 0 Å². The van der Waals surface area contributed by atoms with Gasteiger partial charge in [0.2, 0.25) is 0 Å². The number of nitrogens with zero attached hydrogens (tertiary/aromatic N) is 4. The van der Waals surface area contributed by atoms with E-state index in [4.69, 9.17) is 0 Å². The van der Waals surface area contributed by atoms with Crippen molar-refractivity contribution in [3.8, 4) is 0 Å². The zero-order valence-electron chi connectivity index (χ0n) is 7.64. The molecule has 13 heavy (non-hydrogen) atoms. The molecular weight excluding hydrogens is 166 g/mol. The first-order valence-electron chi connectivity index (χ1n) is 4.46. The molecule has 0 fully saturated rings. The average molecular weight is 179 g/mol. The zero-order valence-corrected chi connectivity index (χ0v) is 7.64. The Kier molecular flexibility index (Phi) is 2.35. The Labute approximate surface area is 76.8 Å². The predicted octanol–water partition coefficient (Wildman–Crippen LogP) is 0.0183. The molecule has 0 aliphatic heterocycles. The van der Waals surface area contributed by atoms with Gasteiger partial charge in [0.05, 0.1) is 13.6 Å². The summed E-state index contributed by atoms with van der Waals surface area (Å²) in [6.07, 6.45) is 6.62. The fraction of sp³-hybridized carbons (Fsp3) is 0.625. The molecule has 0 atom stereocenters. The lowest BCUT2D eigenvalue weighted by Gasteiger charge is -2.08. The summed E-state index contributed by atoms with van der Waals surface area (Å²) >= 11 is 0. The van der Waals surface area contributed by atoms with Crippen LogP contribution in [0.2, 0.25) is 0 Å². The van der Waals surface area contributed by atoms with Gasteiger partial charge in [0.15, 0.2) is 5.82 Å². The molecule has 0 spiro atoms. The normalized spacial score (nSPS) is 17.0. The molecule has 5 heteroatoms. The minimum Gasteiger partial charge on any atom is -0.306 e. The highest BCUT2D eigenvalue weighted by Gasteiger charge is 2.10. The zero-order chi connectivity index (χ0) is 9.10. The molecule has 0 saturated heterocycles. The van der Waals surface area contributed by atoms with E-state index in [1.807, 2.05) is 0 Å². The van der Waals surface area contributed by atoms with E-state index in [2.05, 4.69) is 32.9 Å². The highest BCUT2D eigenvalue weighted by molar-refractivity contribution is 4.98. The lowest BCUT2D eigenvalue weighted by atomic mass is 10.2. The number of aromatic nitrogens is 4. The topological polar surface area (TPSA) is 55.6 Å². The largest absolute Gasteiger partial charge is 0.306 e. The Bertz CT molecular complexity index is 295. The number of nitrogens with one attached hydrogen (secondary N) is 1. The highest BCUT2D eigenvalue weighted by Crippen LogP contribution is 2.09. The molecule has 5 nitrogen and oxygen atoms in total. The van der Waals surface area contributed by atoms with Crippen LogP contribution < -0.4 is 5.32 Å². The minimum atomic E-state index is 0.559. The molecule has 0 amide bonds. The van der Waals surface area contributed by atoms with Gasteiger partial charge in [-0.05, 0) is 18.1 Å². The van der Waals surface area contributed by atoms with Crippen molar-refractivity contribution in [2.75, 3.05) is 0 Å². The number of hydrogen-bond donors (Lipinski definition) is 1. The van der Waals surface area contributed by atoms with Gasteiger partial charge in [-0.15, -0.1) is 10.2 Å². The van der Waals surface area contributed by atoms with Gasteiger partial charge in [0, 0.05) is 6.04 Å². The lowest BCUT2D eigenvalue weighted by molar-refractivity contribution is 0.525. The molecule has 1 aliphatic rings. The smallest absolute Gasteiger partial charge is 0.188 e. The SMILES string of the molecule is Cn1nnc(CNC2CC=CC2)n1. The molecule has 1 aliphatic carbocycles. The van der Waals surface area contributed by atoms with Gasteiger partial charge in [0.25, 0.3) is 0 Å². The van der Waals surface area contributed by atoms with Crippen LogP contribution in [0.5, 0.6) is 0 Å². The van der Waals surface area contributed by atoms with Crippen molar-refractivity contribution in [3.05, 3.63) is 18.0 Å². The maximum atomic E-state index is 4.08.